The van der Waals surface area contributed by atoms with E-state index in [4.69, 9.17) is 11.6 Å². The van der Waals surface area contributed by atoms with E-state index in [-0.39, 0.29) is 6.04 Å². The number of nitrogens with one attached hydrogen (secondary N) is 1. The number of rotatable bonds is 6. The Bertz CT molecular complexity index is 569. The lowest BCUT2D eigenvalue weighted by Crippen LogP contribution is -2.22. The highest BCUT2D eigenvalue weighted by Crippen LogP contribution is 2.27. The summed E-state index contributed by atoms with van der Waals surface area (Å²) in [6.07, 6.45) is 1.92. The summed E-state index contributed by atoms with van der Waals surface area (Å²) >= 11 is 6.27. The van der Waals surface area contributed by atoms with E-state index >= 15 is 0 Å². The molecule has 4 heteroatoms. The van der Waals surface area contributed by atoms with Gasteiger partial charge >= 0.3 is 0 Å². The minimum absolute atomic E-state index is 0.257. The molecular weight excluding hydrogens is 282 g/mol. The van der Waals surface area contributed by atoms with Crippen LogP contribution in [0.15, 0.2) is 42.6 Å². The van der Waals surface area contributed by atoms with Crippen LogP contribution in [0.2, 0.25) is 5.02 Å². The normalized spacial score (nSPS) is 12.4. The van der Waals surface area contributed by atoms with Crippen LogP contribution in [0.25, 0.3) is 0 Å². The van der Waals surface area contributed by atoms with Crippen molar-refractivity contribution in [1.29, 1.82) is 0 Å². The molecule has 0 aliphatic carbocycles. The molecule has 0 spiro atoms. The van der Waals surface area contributed by atoms with Crippen LogP contribution >= 0.6 is 11.6 Å². The van der Waals surface area contributed by atoms with E-state index in [9.17, 15) is 0 Å². The fourth-order valence-corrected chi connectivity index (χ4v) is 2.57. The van der Waals surface area contributed by atoms with Gasteiger partial charge in [0.2, 0.25) is 0 Å². The molecule has 2 aromatic rings. The third-order valence-corrected chi connectivity index (χ3v) is 3.98. The molecule has 1 N–H and O–H groups in total. The van der Waals surface area contributed by atoms with E-state index in [0.717, 1.165) is 29.5 Å². The van der Waals surface area contributed by atoms with Crippen LogP contribution in [0.1, 0.15) is 31.0 Å². The Morgan fingerprint density at radius 2 is 2.00 bits per heavy atom. The highest BCUT2D eigenvalue weighted by atomic mass is 35.5. The van der Waals surface area contributed by atoms with Crippen LogP contribution in [0, 0.1) is 0 Å². The minimum atomic E-state index is 0.257. The summed E-state index contributed by atoms with van der Waals surface area (Å²) in [5.74, 6) is 0.919. The molecule has 112 valence electrons. The number of hydrogen-bond acceptors (Lipinski definition) is 3. The fraction of sp³-hybridized carbons (Fsp3) is 0.353. The quantitative estimate of drug-likeness (QED) is 0.859. The van der Waals surface area contributed by atoms with Crippen LogP contribution in [0.3, 0.4) is 0 Å². The van der Waals surface area contributed by atoms with Gasteiger partial charge in [0.05, 0.1) is 0 Å². The van der Waals surface area contributed by atoms with Crippen molar-refractivity contribution < 1.29 is 0 Å². The minimum Gasteiger partial charge on any atom is -0.370 e. The van der Waals surface area contributed by atoms with Gasteiger partial charge in [-0.15, -0.1) is 0 Å². The third kappa shape index (κ3) is 4.19. The summed E-state index contributed by atoms with van der Waals surface area (Å²) in [5.41, 5.74) is 2.34. The summed E-state index contributed by atoms with van der Waals surface area (Å²) in [4.78, 5) is 6.68. The molecule has 1 aromatic carbocycles. The molecule has 0 radical (unpaired) electrons. The maximum Gasteiger partial charge on any atom is 0.125 e. The van der Waals surface area contributed by atoms with Crippen LogP contribution in [0.5, 0.6) is 0 Å². The molecule has 21 heavy (non-hydrogen) atoms. The number of anilines is 1. The monoisotopic (exact) mass is 303 g/mol. The summed E-state index contributed by atoms with van der Waals surface area (Å²) in [5, 5.41) is 4.02. The van der Waals surface area contributed by atoms with Gasteiger partial charge in [0.15, 0.2) is 0 Å². The molecule has 0 saturated heterocycles. The fourth-order valence-electron chi connectivity index (χ4n) is 2.28. The van der Waals surface area contributed by atoms with E-state index < -0.39 is 0 Å². The van der Waals surface area contributed by atoms with Crippen LogP contribution in [0.4, 0.5) is 5.82 Å². The van der Waals surface area contributed by atoms with Crippen molar-refractivity contribution in [2.24, 2.45) is 0 Å². The number of pyridine rings is 1. The van der Waals surface area contributed by atoms with E-state index in [2.05, 4.69) is 48.2 Å². The standard InChI is InChI=1S/C17H22ClN3/c1-4-19-17-10-9-14(11-20-17)12-21(3)13(2)15-7-5-6-8-16(15)18/h5-11,13H,4,12H2,1-3H3,(H,19,20). The van der Waals surface area contributed by atoms with Crippen molar-refractivity contribution in [1.82, 2.24) is 9.88 Å². The van der Waals surface area contributed by atoms with Gasteiger partial charge < -0.3 is 5.32 Å². The molecule has 0 aliphatic heterocycles. The number of aromatic nitrogens is 1. The van der Waals surface area contributed by atoms with Crippen LogP contribution < -0.4 is 5.32 Å². The molecule has 1 atom stereocenters. The van der Waals surface area contributed by atoms with E-state index in [1.807, 2.05) is 30.5 Å². The number of nitrogens with zero attached hydrogens (tertiary/aromatic N) is 2. The summed E-state index contributed by atoms with van der Waals surface area (Å²) < 4.78 is 0. The van der Waals surface area contributed by atoms with Crippen molar-refractivity contribution in [3.8, 4) is 0 Å². The van der Waals surface area contributed by atoms with Gasteiger partial charge in [-0.25, -0.2) is 4.98 Å². The predicted molar refractivity (Wildman–Crippen MR) is 89.7 cm³/mol. The van der Waals surface area contributed by atoms with E-state index in [1.165, 1.54) is 5.56 Å². The Morgan fingerprint density at radius 1 is 1.24 bits per heavy atom. The Morgan fingerprint density at radius 3 is 2.62 bits per heavy atom. The zero-order chi connectivity index (χ0) is 15.2. The van der Waals surface area contributed by atoms with Gasteiger partial charge in [-0.2, -0.15) is 0 Å². The third-order valence-electron chi connectivity index (χ3n) is 3.63. The average molecular weight is 304 g/mol. The first kappa shape index (κ1) is 15.8. The first-order valence-corrected chi connectivity index (χ1v) is 7.63. The molecule has 2 rings (SSSR count). The first-order valence-electron chi connectivity index (χ1n) is 7.25. The van der Waals surface area contributed by atoms with Gasteiger partial charge in [0.1, 0.15) is 5.82 Å². The molecule has 1 unspecified atom stereocenters. The Hall–Kier alpha value is -1.58. The topological polar surface area (TPSA) is 28.2 Å². The number of hydrogen-bond donors (Lipinski definition) is 1. The molecule has 1 aromatic heterocycles. The molecule has 0 fully saturated rings. The molecular formula is C17H22ClN3. The summed E-state index contributed by atoms with van der Waals surface area (Å²) in [7, 11) is 2.10. The second-order valence-electron chi connectivity index (χ2n) is 5.19. The van der Waals surface area contributed by atoms with Crippen molar-refractivity contribution in [3.05, 3.63) is 58.7 Å². The lowest BCUT2D eigenvalue weighted by molar-refractivity contribution is 0.253. The molecule has 0 saturated carbocycles. The lowest BCUT2D eigenvalue weighted by Gasteiger charge is -2.25. The zero-order valence-electron chi connectivity index (χ0n) is 12.8. The number of benzene rings is 1. The largest absolute Gasteiger partial charge is 0.370 e. The molecule has 1 heterocycles. The summed E-state index contributed by atoms with van der Waals surface area (Å²) in [6.45, 7) is 5.96. The van der Waals surface area contributed by atoms with Crippen molar-refractivity contribution in [2.45, 2.75) is 26.4 Å². The van der Waals surface area contributed by atoms with Crippen molar-refractivity contribution >= 4 is 17.4 Å². The van der Waals surface area contributed by atoms with Gasteiger partial charge in [0, 0.05) is 30.4 Å². The molecule has 0 amide bonds. The molecule has 0 bridgehead atoms. The zero-order valence-corrected chi connectivity index (χ0v) is 13.6. The van der Waals surface area contributed by atoms with E-state index in [0.29, 0.717) is 0 Å². The molecule has 0 aliphatic rings. The van der Waals surface area contributed by atoms with Gasteiger partial charge in [-0.3, -0.25) is 4.90 Å². The van der Waals surface area contributed by atoms with Gasteiger partial charge in [-0.1, -0.05) is 35.9 Å². The van der Waals surface area contributed by atoms with Gasteiger partial charge in [0.25, 0.3) is 0 Å². The van der Waals surface area contributed by atoms with E-state index in [1.54, 1.807) is 0 Å². The Balaban J connectivity index is 2.03. The average Bonchev–Trinajstić information content (AvgIpc) is 2.49. The smallest absolute Gasteiger partial charge is 0.125 e. The highest BCUT2D eigenvalue weighted by Gasteiger charge is 2.14. The first-order chi connectivity index (χ1) is 10.1. The highest BCUT2D eigenvalue weighted by molar-refractivity contribution is 6.31. The second kappa shape index (κ2) is 7.43. The lowest BCUT2D eigenvalue weighted by atomic mass is 10.1. The number of halogens is 1. The van der Waals surface area contributed by atoms with Gasteiger partial charge in [-0.05, 0) is 44.2 Å². The maximum absolute atomic E-state index is 6.27. The summed E-state index contributed by atoms with van der Waals surface area (Å²) in [6, 6.07) is 12.4. The van der Waals surface area contributed by atoms with Crippen molar-refractivity contribution in [3.63, 3.8) is 0 Å². The van der Waals surface area contributed by atoms with Crippen LogP contribution in [-0.2, 0) is 6.54 Å². The second-order valence-corrected chi connectivity index (χ2v) is 5.60. The SMILES string of the molecule is CCNc1ccc(CN(C)C(C)c2ccccc2Cl)cn1. The Kier molecular flexibility index (Phi) is 5.59. The van der Waals surface area contributed by atoms with Crippen LogP contribution in [-0.4, -0.2) is 23.5 Å². The Labute approximate surface area is 132 Å². The predicted octanol–water partition coefficient (Wildman–Crippen LogP) is 4.36. The molecule has 3 nitrogen and oxygen atoms in total. The van der Waals surface area contributed by atoms with Crippen molar-refractivity contribution in [2.75, 3.05) is 18.9 Å². The maximum atomic E-state index is 6.27.